The number of benzene rings is 2. The molecule has 6 rings (SSSR count). The molecule has 2 aliphatic rings. The Hall–Kier alpha value is -3.83. The third-order valence-corrected chi connectivity index (χ3v) is 7.22. The second-order valence-electron chi connectivity index (χ2n) is 10.2. The van der Waals surface area contributed by atoms with Crippen LogP contribution < -0.4 is 20.3 Å². The van der Waals surface area contributed by atoms with Gasteiger partial charge in [-0.15, -0.1) is 0 Å². The van der Waals surface area contributed by atoms with Gasteiger partial charge >= 0.3 is 6.01 Å². The highest BCUT2D eigenvalue weighted by molar-refractivity contribution is 6.14. The van der Waals surface area contributed by atoms with Crippen molar-refractivity contribution in [2.24, 2.45) is 7.05 Å². The van der Waals surface area contributed by atoms with E-state index in [4.69, 9.17) is 4.74 Å². The molecule has 2 aromatic heterocycles. The van der Waals surface area contributed by atoms with Crippen molar-refractivity contribution in [1.29, 1.82) is 0 Å². The smallest absolute Gasteiger partial charge is 0.317 e. The summed E-state index contributed by atoms with van der Waals surface area (Å²) in [6, 6.07) is 7.10. The Kier molecular flexibility index (Phi) is 6.32. The van der Waals surface area contributed by atoms with Crippen LogP contribution in [-0.4, -0.2) is 68.6 Å². The molecule has 3 atom stereocenters. The van der Waals surface area contributed by atoms with Crippen LogP contribution in [0, 0.1) is 5.82 Å². The van der Waals surface area contributed by atoms with Crippen LogP contribution in [0.15, 0.2) is 36.7 Å². The Morgan fingerprint density at radius 2 is 2.13 bits per heavy atom. The van der Waals surface area contributed by atoms with Crippen LogP contribution in [0.25, 0.3) is 21.8 Å². The molecule has 2 fully saturated rings. The van der Waals surface area contributed by atoms with Crippen molar-refractivity contribution in [2.45, 2.75) is 44.4 Å². The molecule has 1 aliphatic carbocycles. The maximum absolute atomic E-state index is 14.6. The molecule has 0 radical (unpaired) electrons. The number of piperazine rings is 1. The Labute approximate surface area is 218 Å². The quantitative estimate of drug-likeness (QED) is 0.369. The van der Waals surface area contributed by atoms with Gasteiger partial charge in [0.25, 0.3) is 5.91 Å². The number of carbonyl (C=O) groups is 1. The molecule has 1 amide bonds. The van der Waals surface area contributed by atoms with Crippen molar-refractivity contribution in [3.8, 4) is 6.01 Å². The van der Waals surface area contributed by atoms with Crippen molar-refractivity contribution in [3.05, 3.63) is 48.0 Å². The number of aliphatic hydroxyl groups is 1. The van der Waals surface area contributed by atoms with E-state index in [1.165, 1.54) is 10.7 Å². The highest BCUT2D eigenvalue weighted by Gasteiger charge is 2.26. The summed E-state index contributed by atoms with van der Waals surface area (Å²) in [4.78, 5) is 24.9. The number of aromatic nitrogens is 4. The second kappa shape index (κ2) is 9.80. The van der Waals surface area contributed by atoms with E-state index in [0.29, 0.717) is 41.0 Å². The number of amides is 1. The molecular weight excluding hydrogens is 489 g/mol. The average Bonchev–Trinajstić information content (AvgIpc) is 3.47. The van der Waals surface area contributed by atoms with Crippen LogP contribution in [0.2, 0.25) is 0 Å². The van der Waals surface area contributed by atoms with Crippen LogP contribution in [0.4, 0.5) is 15.8 Å². The largest absolute Gasteiger partial charge is 0.460 e. The number of aliphatic hydroxyl groups excluding tert-OH is 1. The molecule has 3 unspecified atom stereocenters. The SMILES string of the molecule is CC1CN(c2ccc(C(=O)Nc3cc(F)c4nn(C)cc4c3)c3nc(OC4CCC(O)C4)ncc23)CCN1. The lowest BCUT2D eigenvalue weighted by atomic mass is 10.1. The predicted octanol–water partition coefficient (Wildman–Crippen LogP) is 3.00. The van der Waals surface area contributed by atoms with E-state index in [1.807, 2.05) is 6.07 Å². The summed E-state index contributed by atoms with van der Waals surface area (Å²) < 4.78 is 22.1. The van der Waals surface area contributed by atoms with Crippen LogP contribution >= 0.6 is 0 Å². The molecule has 10 nitrogen and oxygen atoms in total. The third kappa shape index (κ3) is 4.74. The number of nitrogens with one attached hydrogen (secondary N) is 2. The standard InChI is InChI=1S/C27H30FN7O3/c1-15-13-35(8-7-29-15)23-6-5-20(25-21(23)12-30-27(32-25)38-19-4-3-18(36)11-19)26(37)31-17-9-16-14-34(2)33-24(16)22(28)10-17/h5-6,9-10,12,14-15,18-19,29,36H,3-4,7-8,11,13H2,1-2H3,(H,31,37). The molecule has 4 aromatic rings. The first kappa shape index (κ1) is 24.5. The second-order valence-corrected chi connectivity index (χ2v) is 10.2. The molecule has 198 valence electrons. The minimum atomic E-state index is -0.511. The zero-order valence-corrected chi connectivity index (χ0v) is 21.3. The number of hydrogen-bond donors (Lipinski definition) is 3. The Balaban J connectivity index is 1.37. The van der Waals surface area contributed by atoms with Gasteiger partial charge in [0.2, 0.25) is 0 Å². The summed E-state index contributed by atoms with van der Waals surface area (Å²) >= 11 is 0. The van der Waals surface area contributed by atoms with E-state index < -0.39 is 11.7 Å². The number of ether oxygens (including phenoxy) is 1. The van der Waals surface area contributed by atoms with Crippen molar-refractivity contribution in [2.75, 3.05) is 29.9 Å². The van der Waals surface area contributed by atoms with Crippen LogP contribution in [0.3, 0.4) is 0 Å². The Morgan fingerprint density at radius 3 is 2.92 bits per heavy atom. The summed E-state index contributed by atoms with van der Waals surface area (Å²) in [5, 5.41) is 21.6. The van der Waals surface area contributed by atoms with Crippen molar-refractivity contribution in [1.82, 2.24) is 25.1 Å². The van der Waals surface area contributed by atoms with Gasteiger partial charge in [0.05, 0.1) is 17.2 Å². The van der Waals surface area contributed by atoms with Gasteiger partial charge in [-0.1, -0.05) is 0 Å². The van der Waals surface area contributed by atoms with E-state index in [1.54, 1.807) is 31.6 Å². The number of rotatable bonds is 5. The zero-order valence-electron chi connectivity index (χ0n) is 21.3. The van der Waals surface area contributed by atoms with Crippen LogP contribution in [-0.2, 0) is 7.05 Å². The van der Waals surface area contributed by atoms with Crippen molar-refractivity contribution in [3.63, 3.8) is 0 Å². The summed E-state index contributed by atoms with van der Waals surface area (Å²) in [5.41, 5.74) is 2.30. The summed E-state index contributed by atoms with van der Waals surface area (Å²) in [6.45, 7) is 4.60. The number of halogens is 1. The maximum Gasteiger partial charge on any atom is 0.317 e. The van der Waals surface area contributed by atoms with E-state index in [0.717, 1.165) is 37.1 Å². The van der Waals surface area contributed by atoms with Gasteiger partial charge in [0.15, 0.2) is 5.82 Å². The summed E-state index contributed by atoms with van der Waals surface area (Å²) in [6.07, 6.45) is 4.75. The van der Waals surface area contributed by atoms with Gasteiger partial charge in [-0.3, -0.25) is 9.48 Å². The van der Waals surface area contributed by atoms with Crippen molar-refractivity contribution < 1.29 is 19.0 Å². The van der Waals surface area contributed by atoms with Gasteiger partial charge in [0, 0.05) is 73.7 Å². The monoisotopic (exact) mass is 519 g/mol. The third-order valence-electron chi connectivity index (χ3n) is 7.22. The molecule has 11 heteroatoms. The molecule has 0 spiro atoms. The fourth-order valence-electron chi connectivity index (χ4n) is 5.41. The summed E-state index contributed by atoms with van der Waals surface area (Å²) in [7, 11) is 1.72. The molecule has 3 heterocycles. The number of aryl methyl sites for hydroxylation is 1. The number of hydrogen-bond acceptors (Lipinski definition) is 8. The van der Waals surface area contributed by atoms with Crippen LogP contribution in [0.5, 0.6) is 6.01 Å². The molecule has 0 bridgehead atoms. The molecule has 38 heavy (non-hydrogen) atoms. The lowest BCUT2D eigenvalue weighted by molar-refractivity contribution is 0.102. The lowest BCUT2D eigenvalue weighted by Gasteiger charge is -2.34. The fraction of sp³-hybridized carbons (Fsp3) is 0.407. The van der Waals surface area contributed by atoms with E-state index >= 15 is 0 Å². The normalized spacial score (nSPS) is 21.8. The Morgan fingerprint density at radius 1 is 1.26 bits per heavy atom. The van der Waals surface area contributed by atoms with Gasteiger partial charge < -0.3 is 25.4 Å². The fourth-order valence-corrected chi connectivity index (χ4v) is 5.41. The molecule has 1 saturated heterocycles. The van der Waals surface area contributed by atoms with E-state index in [-0.39, 0.29) is 23.7 Å². The maximum atomic E-state index is 14.6. The van der Waals surface area contributed by atoms with Gasteiger partial charge in [-0.05, 0) is 44.0 Å². The summed E-state index contributed by atoms with van der Waals surface area (Å²) in [5.74, 6) is -0.929. The zero-order chi connectivity index (χ0) is 26.4. The molecule has 1 saturated carbocycles. The van der Waals surface area contributed by atoms with Crippen molar-refractivity contribution >= 4 is 39.1 Å². The minimum Gasteiger partial charge on any atom is -0.460 e. The number of anilines is 2. The Bertz CT molecular complexity index is 1520. The average molecular weight is 520 g/mol. The number of fused-ring (bicyclic) bond motifs is 2. The predicted molar refractivity (Wildman–Crippen MR) is 142 cm³/mol. The lowest BCUT2D eigenvalue weighted by Crippen LogP contribution is -2.49. The topological polar surface area (TPSA) is 117 Å². The molecule has 1 aliphatic heterocycles. The highest BCUT2D eigenvalue weighted by Crippen LogP contribution is 2.32. The number of carbonyl (C=O) groups excluding carboxylic acids is 1. The van der Waals surface area contributed by atoms with Crippen LogP contribution in [0.1, 0.15) is 36.5 Å². The van der Waals surface area contributed by atoms with E-state index in [2.05, 4.69) is 37.5 Å². The molecule has 3 N–H and O–H groups in total. The first-order chi connectivity index (χ1) is 18.3. The molecule has 2 aromatic carbocycles. The van der Waals surface area contributed by atoms with E-state index in [9.17, 15) is 14.3 Å². The molecular formula is C27H30FN7O3. The highest BCUT2D eigenvalue weighted by atomic mass is 19.1. The first-order valence-corrected chi connectivity index (χ1v) is 12.9. The first-order valence-electron chi connectivity index (χ1n) is 12.9. The van der Waals surface area contributed by atoms with Gasteiger partial charge in [-0.2, -0.15) is 10.1 Å². The minimum absolute atomic E-state index is 0.166. The van der Waals surface area contributed by atoms with Gasteiger partial charge in [0.1, 0.15) is 11.6 Å². The van der Waals surface area contributed by atoms with Gasteiger partial charge in [-0.25, -0.2) is 9.37 Å². The number of nitrogens with zero attached hydrogens (tertiary/aromatic N) is 5.